The van der Waals surface area contributed by atoms with Crippen molar-refractivity contribution in [3.63, 3.8) is 0 Å². The second kappa shape index (κ2) is 8.18. The Hall–Kier alpha value is -0.430. The van der Waals surface area contributed by atoms with Crippen molar-refractivity contribution in [1.82, 2.24) is 0 Å². The maximum absolute atomic E-state index is 2.22. The Morgan fingerprint density at radius 3 is 2.54 bits per heavy atom. The first-order valence-corrected chi connectivity index (χ1v) is 6.02. The number of hydrogen-bond donors (Lipinski definition) is 0. The van der Waals surface area contributed by atoms with Crippen LogP contribution in [-0.2, 0) is 0 Å². The minimum absolute atomic E-state index is 1.17. The smallest absolute Gasteiger partial charge is 0.00949 e. The van der Waals surface area contributed by atoms with E-state index in [9.17, 15) is 0 Å². The number of allylic oxidation sites excluding steroid dienone is 5. The van der Waals surface area contributed by atoms with Crippen molar-refractivity contribution in [2.24, 2.45) is 0 Å². The first kappa shape index (κ1) is 12.6. The average Bonchev–Trinajstić information content (AvgIpc) is 2.17. The fourth-order valence-corrected chi connectivity index (χ4v) is 1.58. The summed E-state index contributed by atoms with van der Waals surface area (Å²) in [5.74, 6) is 0. The summed E-state index contributed by atoms with van der Waals surface area (Å²) >= 11 is 1.80. The summed E-state index contributed by atoms with van der Waals surface area (Å²) in [6.07, 6.45) is 13.2. The lowest BCUT2D eigenvalue weighted by molar-refractivity contribution is 0.959. The van der Waals surface area contributed by atoms with E-state index in [-0.39, 0.29) is 0 Å². The van der Waals surface area contributed by atoms with Crippen LogP contribution in [0.5, 0.6) is 0 Å². The van der Waals surface area contributed by atoms with E-state index in [1.165, 1.54) is 23.3 Å². The molecule has 0 aliphatic rings. The predicted molar refractivity (Wildman–Crippen MR) is 65.1 cm³/mol. The van der Waals surface area contributed by atoms with Gasteiger partial charge in [0.1, 0.15) is 0 Å². The molecule has 0 atom stereocenters. The molecule has 0 aliphatic carbocycles. The normalized spacial score (nSPS) is 14.2. The van der Waals surface area contributed by atoms with Crippen LogP contribution in [0.25, 0.3) is 0 Å². The lowest BCUT2D eigenvalue weighted by Crippen LogP contribution is -1.77. The molecule has 0 bridgehead atoms. The third kappa shape index (κ3) is 5.75. The minimum atomic E-state index is 1.17. The molecule has 13 heavy (non-hydrogen) atoms. The fraction of sp³-hybridized carbons (Fsp3) is 0.500. The molecular formula is C12H20S. The molecule has 0 fully saturated rings. The third-order valence-electron chi connectivity index (χ3n) is 1.88. The Morgan fingerprint density at radius 2 is 2.08 bits per heavy atom. The molecule has 1 heteroatoms. The minimum Gasteiger partial charge on any atom is -0.129 e. The number of rotatable bonds is 5. The topological polar surface area (TPSA) is 0 Å². The molecule has 74 valence electrons. The largest absolute Gasteiger partial charge is 0.129 e. The third-order valence-corrected chi connectivity index (χ3v) is 2.78. The molecule has 0 saturated heterocycles. The zero-order valence-electron chi connectivity index (χ0n) is 9.13. The van der Waals surface area contributed by atoms with Crippen LogP contribution in [0.4, 0.5) is 0 Å². The summed E-state index contributed by atoms with van der Waals surface area (Å²) in [6.45, 7) is 6.42. The molecular weight excluding hydrogens is 176 g/mol. The average molecular weight is 196 g/mol. The molecule has 0 saturated carbocycles. The van der Waals surface area contributed by atoms with E-state index in [2.05, 4.69) is 51.3 Å². The Balaban J connectivity index is 4.23. The maximum Gasteiger partial charge on any atom is 0.00949 e. The second-order valence-electron chi connectivity index (χ2n) is 2.92. The van der Waals surface area contributed by atoms with Gasteiger partial charge in [-0.2, -0.15) is 0 Å². The molecule has 0 amide bonds. The molecule has 0 spiro atoms. The number of hydrogen-bond acceptors (Lipinski definition) is 1. The quantitative estimate of drug-likeness (QED) is 0.581. The molecule has 0 radical (unpaired) electrons. The molecule has 0 rings (SSSR count). The second-order valence-corrected chi connectivity index (χ2v) is 3.77. The molecule has 0 heterocycles. The molecule has 0 unspecified atom stereocenters. The first-order chi connectivity index (χ1) is 6.26. The van der Waals surface area contributed by atoms with Gasteiger partial charge in [-0.1, -0.05) is 31.6 Å². The lowest BCUT2D eigenvalue weighted by Gasteiger charge is -2.01. The van der Waals surface area contributed by atoms with Gasteiger partial charge in [-0.25, -0.2) is 0 Å². The van der Waals surface area contributed by atoms with E-state index in [4.69, 9.17) is 0 Å². The summed E-state index contributed by atoms with van der Waals surface area (Å²) in [4.78, 5) is 1.36. The van der Waals surface area contributed by atoms with Gasteiger partial charge in [-0.15, -0.1) is 11.8 Å². The van der Waals surface area contributed by atoms with Crippen LogP contribution in [0, 0.1) is 0 Å². The monoisotopic (exact) mass is 196 g/mol. The van der Waals surface area contributed by atoms with Crippen molar-refractivity contribution in [1.29, 1.82) is 0 Å². The van der Waals surface area contributed by atoms with E-state index in [0.29, 0.717) is 0 Å². The standard InChI is InChI=1S/C12H20S/c1-5-7-8-9-10-12(13-4)11(3)6-2/h6,8-10H,5,7H2,1-4H3/b9-8-,11-6+,12-10+. The van der Waals surface area contributed by atoms with Gasteiger partial charge in [0, 0.05) is 4.91 Å². The van der Waals surface area contributed by atoms with Gasteiger partial charge in [0.15, 0.2) is 0 Å². The summed E-state index contributed by atoms with van der Waals surface area (Å²) in [5.41, 5.74) is 1.36. The van der Waals surface area contributed by atoms with Gasteiger partial charge in [0.25, 0.3) is 0 Å². The van der Waals surface area contributed by atoms with Crippen LogP contribution < -0.4 is 0 Å². The summed E-state index contributed by atoms with van der Waals surface area (Å²) in [5, 5.41) is 0. The van der Waals surface area contributed by atoms with Crippen LogP contribution in [0.3, 0.4) is 0 Å². The highest BCUT2D eigenvalue weighted by Gasteiger charge is 1.93. The van der Waals surface area contributed by atoms with Gasteiger partial charge < -0.3 is 0 Å². The van der Waals surface area contributed by atoms with E-state index in [0.717, 1.165) is 0 Å². The van der Waals surface area contributed by atoms with Crippen LogP contribution in [-0.4, -0.2) is 6.26 Å². The highest BCUT2D eigenvalue weighted by Crippen LogP contribution is 2.20. The zero-order chi connectivity index (χ0) is 10.1. The van der Waals surface area contributed by atoms with Crippen LogP contribution >= 0.6 is 11.8 Å². The van der Waals surface area contributed by atoms with Crippen molar-refractivity contribution in [2.75, 3.05) is 6.26 Å². The molecule has 0 N–H and O–H groups in total. The van der Waals surface area contributed by atoms with E-state index < -0.39 is 0 Å². The SMILES string of the molecule is C/C=C(C)/C(=C\C=C/CCC)SC. The Labute approximate surface area is 86.8 Å². The van der Waals surface area contributed by atoms with Crippen molar-refractivity contribution >= 4 is 11.8 Å². The van der Waals surface area contributed by atoms with Crippen molar-refractivity contribution in [3.8, 4) is 0 Å². The maximum atomic E-state index is 2.22. The fourth-order valence-electron chi connectivity index (χ4n) is 0.921. The van der Waals surface area contributed by atoms with E-state index >= 15 is 0 Å². The molecule has 0 aromatic carbocycles. The summed E-state index contributed by atoms with van der Waals surface area (Å²) in [6, 6.07) is 0. The van der Waals surface area contributed by atoms with Gasteiger partial charge in [0.05, 0.1) is 0 Å². The van der Waals surface area contributed by atoms with Crippen molar-refractivity contribution in [2.45, 2.75) is 33.6 Å². The Morgan fingerprint density at radius 1 is 1.38 bits per heavy atom. The Kier molecular flexibility index (Phi) is 7.91. The Bertz CT molecular complexity index is 209. The van der Waals surface area contributed by atoms with Gasteiger partial charge in [-0.3, -0.25) is 0 Å². The molecule has 0 nitrogen and oxygen atoms in total. The van der Waals surface area contributed by atoms with Gasteiger partial charge in [-0.05, 0) is 38.2 Å². The number of unbranched alkanes of at least 4 members (excludes halogenated alkanes) is 1. The highest BCUT2D eigenvalue weighted by atomic mass is 32.2. The molecule has 0 aromatic rings. The summed E-state index contributed by atoms with van der Waals surface area (Å²) < 4.78 is 0. The van der Waals surface area contributed by atoms with Gasteiger partial charge in [0.2, 0.25) is 0 Å². The van der Waals surface area contributed by atoms with Crippen molar-refractivity contribution < 1.29 is 0 Å². The zero-order valence-corrected chi connectivity index (χ0v) is 9.95. The number of thioether (sulfide) groups is 1. The van der Waals surface area contributed by atoms with Crippen LogP contribution in [0.1, 0.15) is 33.6 Å². The summed E-state index contributed by atoms with van der Waals surface area (Å²) in [7, 11) is 0. The van der Waals surface area contributed by atoms with Crippen LogP contribution in [0.15, 0.2) is 34.8 Å². The first-order valence-electron chi connectivity index (χ1n) is 4.80. The van der Waals surface area contributed by atoms with Gasteiger partial charge >= 0.3 is 0 Å². The van der Waals surface area contributed by atoms with E-state index in [1.54, 1.807) is 11.8 Å². The van der Waals surface area contributed by atoms with E-state index in [1.807, 2.05) is 0 Å². The molecule has 0 aromatic heterocycles. The predicted octanol–water partition coefficient (Wildman–Crippen LogP) is 4.56. The highest BCUT2D eigenvalue weighted by molar-refractivity contribution is 8.02. The van der Waals surface area contributed by atoms with Crippen LogP contribution in [0.2, 0.25) is 0 Å². The lowest BCUT2D eigenvalue weighted by atomic mass is 10.2. The molecule has 0 aliphatic heterocycles. The van der Waals surface area contributed by atoms with Crippen molar-refractivity contribution in [3.05, 3.63) is 34.8 Å².